The number of carbonyl (C=O) groups is 11. The van der Waals surface area contributed by atoms with Crippen LogP contribution in [0.4, 0.5) is 0 Å². The Kier molecular flexibility index (Phi) is 33.1. The van der Waals surface area contributed by atoms with Gasteiger partial charge in [-0.15, -0.1) is 11.3 Å². The van der Waals surface area contributed by atoms with E-state index in [-0.39, 0.29) is 110 Å². The van der Waals surface area contributed by atoms with E-state index in [2.05, 4.69) is 36.9 Å². The van der Waals surface area contributed by atoms with Gasteiger partial charge in [-0.05, 0) is 97.5 Å². The summed E-state index contributed by atoms with van der Waals surface area (Å²) in [5.41, 5.74) is 0.938. The standard InChI is InChI=1S/C63H100N10O15S2/c1-16-39(5)53(70-62(85)63(9,10)71(11)12)60(82)72(13)47(37(2)3)34-48(58-69-46(36-90-58)57(80)67-44(31-41(7)61(83)84)33-43-22-20-38(4)21-23-43)88-52(76)32-40(6)54(77)66-42(8)55(78)68-45(56(79)65-26-28-87-30-29-86-14)19-17-18-25-64-50(74)24-27-73-51(75)35-49(89-15)59(73)81/h20-23,36-37,39-42,44-45,47-49,53H,16-19,24-35H2,1-15H3,(H,64,74)(H,65,79)(H,66,77)(H,67,80)(H,68,78)(H,70,85)(H,83,84)/t39?,40?,41?,42?,44-,45?,47-,48-,49?,53+/m1/s1. The van der Waals surface area contributed by atoms with E-state index in [4.69, 9.17) is 14.2 Å². The number of carboxylic acid groups (broad SMARTS) is 1. The highest BCUT2D eigenvalue weighted by atomic mass is 32.2. The van der Waals surface area contributed by atoms with Crippen LogP contribution in [0.5, 0.6) is 0 Å². The highest BCUT2D eigenvalue weighted by Crippen LogP contribution is 2.32. The minimum atomic E-state index is -1.20. The predicted octanol–water partition coefficient (Wildman–Crippen LogP) is 4.19. The highest BCUT2D eigenvalue weighted by molar-refractivity contribution is 8.00. The number of nitrogens with zero attached hydrogens (tertiary/aromatic N) is 4. The second-order valence-electron chi connectivity index (χ2n) is 24.4. The third-order valence-electron chi connectivity index (χ3n) is 16.4. The number of likely N-dealkylation sites (tertiary alicyclic amines) is 1. The largest absolute Gasteiger partial charge is 0.481 e. The summed E-state index contributed by atoms with van der Waals surface area (Å²) in [6, 6.07) is 3.25. The molecule has 25 nitrogen and oxygen atoms in total. The predicted molar refractivity (Wildman–Crippen MR) is 343 cm³/mol. The molecule has 2 heterocycles. The van der Waals surface area contributed by atoms with Crippen LogP contribution in [0.3, 0.4) is 0 Å². The number of unbranched alkanes of at least 4 members (excludes halogenated alkanes) is 1. The zero-order valence-corrected chi connectivity index (χ0v) is 57.0. The maximum Gasteiger partial charge on any atom is 0.307 e. The number of carbonyl (C=O) groups excluding carboxylic acids is 10. The summed E-state index contributed by atoms with van der Waals surface area (Å²) < 4.78 is 16.7. The number of methoxy groups -OCH3 is 1. The first-order valence-electron chi connectivity index (χ1n) is 30.9. The molecule has 0 radical (unpaired) electrons. The molecular weight excluding hydrogens is 1200 g/mol. The summed E-state index contributed by atoms with van der Waals surface area (Å²) >= 11 is 2.33. The number of esters is 1. The first kappa shape index (κ1) is 77.7. The number of aromatic nitrogens is 1. The van der Waals surface area contributed by atoms with Crippen LogP contribution in [-0.4, -0.2) is 205 Å². The monoisotopic (exact) mass is 1300 g/mol. The Labute approximate surface area is 539 Å². The van der Waals surface area contributed by atoms with Gasteiger partial charge in [-0.3, -0.25) is 62.5 Å². The molecule has 9 amide bonds. The maximum atomic E-state index is 14.7. The minimum absolute atomic E-state index is 0.0224. The van der Waals surface area contributed by atoms with Crippen molar-refractivity contribution in [3.05, 3.63) is 51.5 Å². The summed E-state index contributed by atoms with van der Waals surface area (Å²) in [4.78, 5) is 156. The van der Waals surface area contributed by atoms with E-state index < -0.39 is 101 Å². The van der Waals surface area contributed by atoms with Crippen LogP contribution in [0, 0.1) is 30.6 Å². The number of carboxylic acids is 1. The van der Waals surface area contributed by atoms with Gasteiger partial charge >= 0.3 is 11.9 Å². The number of hydrogen-bond donors (Lipinski definition) is 7. The molecule has 10 atom stereocenters. The van der Waals surface area contributed by atoms with Crippen molar-refractivity contribution in [3.63, 3.8) is 0 Å². The normalized spacial score (nSPS) is 16.4. The molecule has 2 aromatic rings. The fourth-order valence-electron chi connectivity index (χ4n) is 9.64. The number of amides is 9. The molecule has 1 aromatic heterocycles. The molecule has 1 aromatic carbocycles. The van der Waals surface area contributed by atoms with E-state index >= 15 is 0 Å². The second-order valence-corrected chi connectivity index (χ2v) is 26.3. The van der Waals surface area contributed by atoms with Gasteiger partial charge in [-0.1, -0.05) is 77.8 Å². The third kappa shape index (κ3) is 24.9. The van der Waals surface area contributed by atoms with Gasteiger partial charge in [0.25, 0.3) is 5.91 Å². The maximum absolute atomic E-state index is 14.7. The molecule has 7 N–H and O–H groups in total. The van der Waals surface area contributed by atoms with E-state index in [9.17, 15) is 57.8 Å². The summed E-state index contributed by atoms with van der Waals surface area (Å²) in [6.45, 7) is 18.6. The van der Waals surface area contributed by atoms with Gasteiger partial charge in [-0.25, -0.2) is 4.98 Å². The summed E-state index contributed by atoms with van der Waals surface area (Å²) in [5.74, 6) is -8.47. The van der Waals surface area contributed by atoms with E-state index in [0.717, 1.165) is 27.4 Å². The summed E-state index contributed by atoms with van der Waals surface area (Å²) in [5, 5.41) is 27.9. The first-order valence-corrected chi connectivity index (χ1v) is 33.1. The molecule has 27 heteroatoms. The average molecular weight is 1300 g/mol. The zero-order valence-electron chi connectivity index (χ0n) is 55.3. The molecule has 0 bridgehead atoms. The topological polar surface area (TPSA) is 330 Å². The fourth-order valence-corrected chi connectivity index (χ4v) is 11.1. The van der Waals surface area contributed by atoms with Crippen molar-refractivity contribution >= 4 is 88.2 Å². The van der Waals surface area contributed by atoms with Gasteiger partial charge in [0.15, 0.2) is 6.10 Å². The Morgan fingerprint density at radius 3 is 2.12 bits per heavy atom. The molecule has 1 fully saturated rings. The number of aryl methyl sites for hydroxylation is 1. The number of likely N-dealkylation sites (N-methyl/N-ethyl adjacent to an activating group) is 2. The lowest BCUT2D eigenvalue weighted by molar-refractivity contribution is -0.154. The summed E-state index contributed by atoms with van der Waals surface area (Å²) in [6.07, 6.45) is 2.03. The van der Waals surface area contributed by atoms with Crippen LogP contribution in [0.1, 0.15) is 153 Å². The Bertz CT molecular complexity index is 2730. The van der Waals surface area contributed by atoms with Crippen LogP contribution in [0.15, 0.2) is 29.6 Å². The van der Waals surface area contributed by atoms with Crippen molar-refractivity contribution in [3.8, 4) is 0 Å². The molecule has 90 heavy (non-hydrogen) atoms. The van der Waals surface area contributed by atoms with Crippen molar-refractivity contribution in [2.45, 2.75) is 181 Å². The number of nitrogens with one attached hydrogen (secondary N) is 6. The molecule has 1 saturated heterocycles. The van der Waals surface area contributed by atoms with Crippen LogP contribution >= 0.6 is 23.1 Å². The minimum Gasteiger partial charge on any atom is -0.481 e. The Morgan fingerprint density at radius 1 is 0.844 bits per heavy atom. The van der Waals surface area contributed by atoms with E-state index in [1.165, 1.54) is 43.0 Å². The SMILES string of the molecule is CCC(C)[C@H](NC(=O)C(C)(C)N(C)C)C(=O)N(C)[C@H](C[C@@H](OC(=O)CC(C)C(=O)NC(C)C(=O)NC(CCCCNC(=O)CCN1C(=O)CC(SC)C1=O)C(=O)NCCOCCOC)c1nc(C(=O)N[C@@H](Cc2ccc(C)cc2)CC(C)C(=O)O)cs1)C(C)C. The number of thiazole rings is 1. The number of thioether (sulfide) groups is 1. The van der Waals surface area contributed by atoms with Crippen LogP contribution in [0.25, 0.3) is 0 Å². The van der Waals surface area contributed by atoms with E-state index in [0.29, 0.717) is 38.9 Å². The Hall–Kier alpha value is -6.55. The summed E-state index contributed by atoms with van der Waals surface area (Å²) in [7, 11) is 6.69. The van der Waals surface area contributed by atoms with Gasteiger partial charge in [0.05, 0.1) is 42.9 Å². The van der Waals surface area contributed by atoms with Crippen LogP contribution in [-0.2, 0) is 68.6 Å². The lowest BCUT2D eigenvalue weighted by Gasteiger charge is -2.38. The smallest absolute Gasteiger partial charge is 0.307 e. The molecule has 3 rings (SSSR count). The number of rotatable bonds is 41. The van der Waals surface area contributed by atoms with Crippen molar-refractivity contribution in [1.82, 2.24) is 51.6 Å². The lowest BCUT2D eigenvalue weighted by Crippen LogP contribution is -2.60. The second kappa shape index (κ2) is 38.3. The van der Waals surface area contributed by atoms with Gasteiger partial charge < -0.3 is 56.1 Å². The van der Waals surface area contributed by atoms with Crippen molar-refractivity contribution in [1.29, 1.82) is 0 Å². The quantitative estimate of drug-likeness (QED) is 0.0279. The van der Waals surface area contributed by atoms with Crippen LogP contribution in [0.2, 0.25) is 0 Å². The van der Waals surface area contributed by atoms with E-state index in [1.807, 2.05) is 58.9 Å². The molecule has 0 spiro atoms. The Balaban J connectivity index is 1.84. The number of aliphatic carboxylic acids is 1. The average Bonchev–Trinajstić information content (AvgIpc) is 1.53. The highest BCUT2D eigenvalue weighted by Gasteiger charge is 2.41. The number of imide groups is 1. The lowest BCUT2D eigenvalue weighted by atomic mass is 9.92. The van der Waals surface area contributed by atoms with E-state index in [1.54, 1.807) is 53.1 Å². The van der Waals surface area contributed by atoms with Gasteiger partial charge in [0.1, 0.15) is 28.8 Å². The number of benzene rings is 1. The molecule has 6 unspecified atom stereocenters. The van der Waals surface area contributed by atoms with Crippen molar-refractivity contribution in [2.75, 3.05) is 74.0 Å². The molecule has 504 valence electrons. The van der Waals surface area contributed by atoms with Gasteiger partial charge in [0, 0.05) is 76.4 Å². The zero-order chi connectivity index (χ0) is 67.6. The third-order valence-corrected chi connectivity index (χ3v) is 18.3. The molecule has 0 saturated carbocycles. The number of ether oxygens (including phenoxy) is 3. The van der Waals surface area contributed by atoms with Crippen molar-refractivity contribution in [2.24, 2.45) is 23.7 Å². The first-order chi connectivity index (χ1) is 42.4. The van der Waals surface area contributed by atoms with Crippen molar-refractivity contribution < 1.29 is 72.1 Å². The molecule has 1 aliphatic heterocycles. The number of hydrogen-bond acceptors (Lipinski definition) is 18. The fraction of sp³-hybridized carbons (Fsp3) is 0.683. The molecule has 1 aliphatic rings. The van der Waals surface area contributed by atoms with Gasteiger partial charge in [0.2, 0.25) is 47.3 Å². The van der Waals surface area contributed by atoms with Crippen LogP contribution < -0.4 is 31.9 Å². The Morgan fingerprint density at radius 2 is 1.52 bits per heavy atom. The molecular formula is C63H100N10O15S2. The van der Waals surface area contributed by atoms with Gasteiger partial charge in [-0.2, -0.15) is 11.8 Å². The molecule has 0 aliphatic carbocycles.